The second-order valence-corrected chi connectivity index (χ2v) is 3.20. The molecule has 0 saturated heterocycles. The molecular weight excluding hydrogens is 214 g/mol. The number of carboxylic acids is 1. The number of fused-ring (bicyclic) bond motifs is 1. The fourth-order valence-corrected chi connectivity index (χ4v) is 1.46. The zero-order valence-electron chi connectivity index (χ0n) is 7.90. The quantitative estimate of drug-likeness (QED) is 0.482. The van der Waals surface area contributed by atoms with E-state index >= 15 is 0 Å². The number of aromatic amines is 2. The third kappa shape index (κ3) is 1.34. The molecule has 2 rings (SSSR count). The number of H-pyrrole nitrogens is 2. The zero-order valence-corrected chi connectivity index (χ0v) is 7.90. The van der Waals surface area contributed by atoms with Gasteiger partial charge in [0.1, 0.15) is 0 Å². The molecule has 0 fully saturated rings. The molecule has 0 aliphatic heterocycles. The van der Waals surface area contributed by atoms with Crippen LogP contribution < -0.4 is 16.9 Å². The minimum Gasteiger partial charge on any atom is -0.478 e. The van der Waals surface area contributed by atoms with E-state index in [0.29, 0.717) is 0 Å². The first-order valence-electron chi connectivity index (χ1n) is 4.28. The summed E-state index contributed by atoms with van der Waals surface area (Å²) in [4.78, 5) is 33.5. The number of nitrogens with two attached hydrogens (primary N) is 1. The molecule has 82 valence electrons. The summed E-state index contributed by atoms with van der Waals surface area (Å²) in [5.41, 5.74) is 4.19. The minimum absolute atomic E-state index is 0.00579. The van der Waals surface area contributed by atoms with Crippen LogP contribution in [-0.4, -0.2) is 21.3 Å². The Kier molecular flexibility index (Phi) is 2.01. The lowest BCUT2D eigenvalue weighted by molar-refractivity contribution is 0.0697. The van der Waals surface area contributed by atoms with Gasteiger partial charge in [0.2, 0.25) is 0 Å². The molecule has 0 unspecified atom stereocenters. The Hall–Kier alpha value is -2.57. The summed E-state index contributed by atoms with van der Waals surface area (Å²) >= 11 is 0. The normalized spacial score (nSPS) is 10.5. The van der Waals surface area contributed by atoms with Gasteiger partial charge >= 0.3 is 5.97 Å². The van der Waals surface area contributed by atoms with Gasteiger partial charge in [-0.15, -0.1) is 0 Å². The highest BCUT2D eigenvalue weighted by Crippen LogP contribution is 2.16. The number of aromatic carboxylic acids is 1. The van der Waals surface area contributed by atoms with Crippen LogP contribution in [0.1, 0.15) is 10.4 Å². The lowest BCUT2D eigenvalue weighted by Crippen LogP contribution is -2.20. The van der Waals surface area contributed by atoms with Gasteiger partial charge in [0.15, 0.2) is 0 Å². The van der Waals surface area contributed by atoms with Gasteiger partial charge in [-0.1, -0.05) is 0 Å². The van der Waals surface area contributed by atoms with E-state index < -0.39 is 17.1 Å². The maximum atomic E-state index is 11.4. The van der Waals surface area contributed by atoms with Crippen LogP contribution >= 0.6 is 0 Å². The van der Waals surface area contributed by atoms with E-state index in [1.54, 1.807) is 0 Å². The molecule has 1 aromatic heterocycles. The van der Waals surface area contributed by atoms with E-state index in [0.717, 1.165) is 12.1 Å². The molecule has 0 amide bonds. The smallest absolute Gasteiger partial charge is 0.335 e. The van der Waals surface area contributed by atoms with Crippen LogP contribution in [0.15, 0.2) is 21.7 Å². The molecule has 7 heteroatoms. The first-order valence-corrected chi connectivity index (χ1v) is 4.28. The maximum Gasteiger partial charge on any atom is 0.335 e. The molecule has 16 heavy (non-hydrogen) atoms. The Balaban J connectivity index is 3.04. The molecule has 5 N–H and O–H groups in total. The van der Waals surface area contributed by atoms with Gasteiger partial charge < -0.3 is 10.8 Å². The van der Waals surface area contributed by atoms with Crippen molar-refractivity contribution in [2.75, 3.05) is 5.73 Å². The third-order valence-electron chi connectivity index (χ3n) is 2.18. The van der Waals surface area contributed by atoms with Crippen molar-refractivity contribution in [3.05, 3.63) is 38.4 Å². The van der Waals surface area contributed by atoms with Crippen LogP contribution in [0.3, 0.4) is 0 Å². The highest BCUT2D eigenvalue weighted by Gasteiger charge is 2.11. The van der Waals surface area contributed by atoms with Crippen LogP contribution in [0.4, 0.5) is 5.69 Å². The summed E-state index contributed by atoms with van der Waals surface area (Å²) in [7, 11) is 0. The molecule has 1 aromatic carbocycles. The first-order chi connectivity index (χ1) is 7.50. The number of aromatic nitrogens is 2. The van der Waals surface area contributed by atoms with Gasteiger partial charge in [0.05, 0.1) is 16.3 Å². The molecule has 7 nitrogen and oxygen atoms in total. The van der Waals surface area contributed by atoms with Crippen molar-refractivity contribution in [2.45, 2.75) is 0 Å². The number of nitrogens with one attached hydrogen (secondary N) is 2. The number of nitrogen functional groups attached to an aromatic ring is 1. The Morgan fingerprint density at radius 1 is 1.19 bits per heavy atom. The summed E-state index contributed by atoms with van der Waals surface area (Å²) in [5, 5.41) is 12.9. The molecular formula is C9H7N3O4. The van der Waals surface area contributed by atoms with E-state index in [2.05, 4.69) is 10.2 Å². The molecule has 2 aromatic rings. The highest BCUT2D eigenvalue weighted by molar-refractivity contribution is 5.99. The lowest BCUT2D eigenvalue weighted by Gasteiger charge is -2.02. The van der Waals surface area contributed by atoms with Crippen LogP contribution in [0.25, 0.3) is 10.8 Å². The van der Waals surface area contributed by atoms with Gasteiger partial charge in [-0.05, 0) is 12.1 Å². The van der Waals surface area contributed by atoms with E-state index in [4.69, 9.17) is 10.8 Å². The SMILES string of the molecule is Nc1cc(C(=O)O)cc2c(=O)[nH][nH]c(=O)c12. The lowest BCUT2D eigenvalue weighted by atomic mass is 10.1. The minimum atomic E-state index is -1.21. The summed E-state index contributed by atoms with van der Waals surface area (Å²) in [5.74, 6) is -1.21. The van der Waals surface area contributed by atoms with Gasteiger partial charge in [-0.3, -0.25) is 19.8 Å². The van der Waals surface area contributed by atoms with Gasteiger partial charge in [-0.2, -0.15) is 0 Å². The van der Waals surface area contributed by atoms with E-state index in [-0.39, 0.29) is 22.0 Å². The second-order valence-electron chi connectivity index (χ2n) is 3.20. The van der Waals surface area contributed by atoms with Gasteiger partial charge in [0, 0.05) is 5.69 Å². The molecule has 0 saturated carbocycles. The van der Waals surface area contributed by atoms with E-state index in [1.165, 1.54) is 0 Å². The van der Waals surface area contributed by atoms with E-state index in [1.807, 2.05) is 0 Å². The Labute approximate surface area is 87.5 Å². The zero-order chi connectivity index (χ0) is 11.9. The van der Waals surface area contributed by atoms with Crippen molar-refractivity contribution in [3.63, 3.8) is 0 Å². The van der Waals surface area contributed by atoms with Crippen molar-refractivity contribution >= 4 is 22.4 Å². The summed E-state index contributed by atoms with van der Waals surface area (Å²) < 4.78 is 0. The molecule has 0 spiro atoms. The Morgan fingerprint density at radius 3 is 2.44 bits per heavy atom. The predicted octanol–water partition coefficient (Wildman–Crippen LogP) is -0.503. The number of hydrogen-bond donors (Lipinski definition) is 4. The number of hydrogen-bond acceptors (Lipinski definition) is 4. The number of benzene rings is 1. The molecule has 0 aliphatic carbocycles. The van der Waals surface area contributed by atoms with Crippen molar-refractivity contribution in [3.8, 4) is 0 Å². The van der Waals surface area contributed by atoms with E-state index in [9.17, 15) is 14.4 Å². The number of anilines is 1. The average molecular weight is 221 g/mol. The summed E-state index contributed by atoms with van der Waals surface area (Å²) in [6.07, 6.45) is 0. The van der Waals surface area contributed by atoms with Crippen molar-refractivity contribution in [1.82, 2.24) is 10.2 Å². The topological polar surface area (TPSA) is 129 Å². The Morgan fingerprint density at radius 2 is 1.81 bits per heavy atom. The second kappa shape index (κ2) is 3.23. The molecule has 1 heterocycles. The number of rotatable bonds is 1. The standard InChI is InChI=1S/C9H7N3O4/c10-5-2-3(9(15)16)1-4-6(5)8(14)12-11-7(4)13/h1-2H,10H2,(H,11,13)(H,12,14)(H,15,16). The first kappa shape index (κ1) is 9.97. The third-order valence-corrected chi connectivity index (χ3v) is 2.18. The fourth-order valence-electron chi connectivity index (χ4n) is 1.46. The molecule has 0 aliphatic rings. The molecule has 0 atom stereocenters. The van der Waals surface area contributed by atoms with Crippen molar-refractivity contribution in [1.29, 1.82) is 0 Å². The van der Waals surface area contributed by atoms with Crippen molar-refractivity contribution < 1.29 is 9.90 Å². The summed E-state index contributed by atoms with van der Waals surface area (Å²) in [6, 6.07) is 2.25. The van der Waals surface area contributed by atoms with Crippen LogP contribution in [0, 0.1) is 0 Å². The van der Waals surface area contributed by atoms with Crippen LogP contribution in [-0.2, 0) is 0 Å². The largest absolute Gasteiger partial charge is 0.478 e. The highest BCUT2D eigenvalue weighted by atomic mass is 16.4. The predicted molar refractivity (Wildman–Crippen MR) is 56.6 cm³/mol. The molecule has 0 bridgehead atoms. The van der Waals surface area contributed by atoms with Gasteiger partial charge in [0.25, 0.3) is 11.1 Å². The van der Waals surface area contributed by atoms with Crippen LogP contribution in [0.5, 0.6) is 0 Å². The monoisotopic (exact) mass is 221 g/mol. The van der Waals surface area contributed by atoms with Crippen LogP contribution in [0.2, 0.25) is 0 Å². The van der Waals surface area contributed by atoms with Crippen molar-refractivity contribution in [2.24, 2.45) is 0 Å². The van der Waals surface area contributed by atoms with Gasteiger partial charge in [-0.25, -0.2) is 4.79 Å². The fraction of sp³-hybridized carbons (Fsp3) is 0. The Bertz CT molecular complexity index is 698. The maximum absolute atomic E-state index is 11.4. The summed E-state index contributed by atoms with van der Waals surface area (Å²) in [6.45, 7) is 0. The number of carbonyl (C=O) groups is 1. The molecule has 0 radical (unpaired) electrons. The average Bonchev–Trinajstić information content (AvgIpc) is 2.22. The number of carboxylic acid groups (broad SMARTS) is 1.